The van der Waals surface area contributed by atoms with E-state index in [1.54, 1.807) is 0 Å². The quantitative estimate of drug-likeness (QED) is 0.829. The molecule has 0 aliphatic carbocycles. The van der Waals surface area contributed by atoms with Crippen molar-refractivity contribution in [3.63, 3.8) is 0 Å². The first kappa shape index (κ1) is 17.4. The van der Waals surface area contributed by atoms with Gasteiger partial charge in [0.15, 0.2) is 0 Å². The molecule has 1 aromatic carbocycles. The van der Waals surface area contributed by atoms with Crippen LogP contribution in [-0.4, -0.2) is 6.67 Å². The molecule has 8 heteroatoms. The van der Waals surface area contributed by atoms with E-state index >= 15 is 0 Å². The van der Waals surface area contributed by atoms with Gasteiger partial charge in [0.1, 0.15) is 5.82 Å². The van der Waals surface area contributed by atoms with E-state index in [9.17, 15) is 22.0 Å². The van der Waals surface area contributed by atoms with Crippen LogP contribution in [0.4, 0.5) is 22.0 Å². The molecule has 0 aromatic heterocycles. The molecule has 1 rings (SSSR count). The zero-order valence-corrected chi connectivity index (χ0v) is 10.5. The van der Waals surface area contributed by atoms with Crippen molar-refractivity contribution in [3.05, 3.63) is 34.1 Å². The van der Waals surface area contributed by atoms with Crippen LogP contribution in [-0.2, 0) is 6.18 Å². The van der Waals surface area contributed by atoms with Crippen LogP contribution in [0.1, 0.15) is 23.6 Å². The fraction of sp³-hybridized carbons (Fsp3) is 0.400. The topological polar surface area (TPSA) is 26.0 Å². The third-order valence-corrected chi connectivity index (χ3v) is 2.52. The van der Waals surface area contributed by atoms with E-state index < -0.39 is 47.3 Å². The van der Waals surface area contributed by atoms with Crippen LogP contribution in [0, 0.1) is 5.82 Å². The van der Waals surface area contributed by atoms with Gasteiger partial charge in [-0.3, -0.25) is 4.39 Å². The van der Waals surface area contributed by atoms with Gasteiger partial charge in [0.2, 0.25) is 0 Å². The van der Waals surface area contributed by atoms with Gasteiger partial charge in [-0.15, -0.1) is 12.4 Å². The molecule has 104 valence electrons. The van der Waals surface area contributed by atoms with Gasteiger partial charge in [-0.05, 0) is 18.6 Å². The highest BCUT2D eigenvalue weighted by Gasteiger charge is 2.36. The Hall–Kier alpha value is -0.590. The molecule has 0 amide bonds. The Labute approximate surface area is 112 Å². The third-order valence-electron chi connectivity index (χ3n) is 2.23. The molecule has 2 N–H and O–H groups in total. The van der Waals surface area contributed by atoms with Gasteiger partial charge in [0.05, 0.1) is 17.3 Å². The minimum atomic E-state index is -4.76. The van der Waals surface area contributed by atoms with E-state index in [4.69, 9.17) is 17.3 Å². The van der Waals surface area contributed by atoms with Crippen molar-refractivity contribution in [2.24, 2.45) is 5.73 Å². The van der Waals surface area contributed by atoms with Crippen LogP contribution in [0.25, 0.3) is 0 Å². The van der Waals surface area contributed by atoms with Crippen molar-refractivity contribution in [2.75, 3.05) is 6.67 Å². The highest BCUT2D eigenvalue weighted by Crippen LogP contribution is 2.38. The predicted octanol–water partition coefficient (Wildman–Crippen LogP) is 4.28. The molecule has 0 unspecified atom stereocenters. The number of rotatable bonds is 3. The van der Waals surface area contributed by atoms with Gasteiger partial charge in [-0.25, -0.2) is 4.39 Å². The van der Waals surface area contributed by atoms with Gasteiger partial charge in [0.25, 0.3) is 0 Å². The average molecular weight is 310 g/mol. The first-order valence-electron chi connectivity index (χ1n) is 4.65. The fourth-order valence-electron chi connectivity index (χ4n) is 1.44. The van der Waals surface area contributed by atoms with E-state index in [1.807, 2.05) is 0 Å². The van der Waals surface area contributed by atoms with E-state index in [-0.39, 0.29) is 12.4 Å². The first-order valence-corrected chi connectivity index (χ1v) is 5.03. The van der Waals surface area contributed by atoms with Crippen LogP contribution in [0.3, 0.4) is 0 Å². The molecule has 0 saturated heterocycles. The SMILES string of the molecule is Cl.N[C@H](CCF)c1c(C(F)(F)F)ccc(Cl)c1F. The maximum Gasteiger partial charge on any atom is 0.416 e. The summed E-state index contributed by atoms with van der Waals surface area (Å²) in [6.07, 6.45) is -5.16. The monoisotopic (exact) mass is 309 g/mol. The summed E-state index contributed by atoms with van der Waals surface area (Å²) in [5.41, 5.74) is 3.32. The van der Waals surface area contributed by atoms with Gasteiger partial charge in [0, 0.05) is 11.6 Å². The lowest BCUT2D eigenvalue weighted by Crippen LogP contribution is -2.20. The summed E-state index contributed by atoms with van der Waals surface area (Å²) >= 11 is 5.39. The van der Waals surface area contributed by atoms with E-state index in [1.165, 1.54) is 0 Å². The number of alkyl halides is 4. The molecule has 0 radical (unpaired) electrons. The van der Waals surface area contributed by atoms with Crippen LogP contribution < -0.4 is 5.73 Å². The van der Waals surface area contributed by atoms with E-state index in [0.717, 1.165) is 6.07 Å². The number of halogens is 7. The zero-order valence-electron chi connectivity index (χ0n) is 8.90. The summed E-state index contributed by atoms with van der Waals surface area (Å²) in [7, 11) is 0. The Morgan fingerprint density at radius 1 is 1.28 bits per heavy atom. The van der Waals surface area contributed by atoms with Crippen molar-refractivity contribution in [2.45, 2.75) is 18.6 Å². The minimum absolute atomic E-state index is 0. The summed E-state index contributed by atoms with van der Waals surface area (Å²) in [6.45, 7) is -0.940. The molecule has 0 bridgehead atoms. The molecule has 1 aromatic rings. The van der Waals surface area contributed by atoms with Crippen LogP contribution >= 0.6 is 24.0 Å². The van der Waals surface area contributed by atoms with Crippen molar-refractivity contribution >= 4 is 24.0 Å². The molecule has 0 heterocycles. The number of hydrogen-bond acceptors (Lipinski definition) is 1. The Bertz CT molecular complexity index is 408. The van der Waals surface area contributed by atoms with Crippen LogP contribution in [0.15, 0.2) is 12.1 Å². The van der Waals surface area contributed by atoms with Crippen molar-refractivity contribution in [1.29, 1.82) is 0 Å². The molecule has 0 saturated carbocycles. The molecule has 0 aliphatic rings. The Morgan fingerprint density at radius 2 is 1.83 bits per heavy atom. The fourth-order valence-corrected chi connectivity index (χ4v) is 1.60. The summed E-state index contributed by atoms with van der Waals surface area (Å²) in [6, 6.07) is 0.0554. The molecular weight excluding hydrogens is 300 g/mol. The van der Waals surface area contributed by atoms with E-state index in [0.29, 0.717) is 6.07 Å². The molecule has 1 atom stereocenters. The molecule has 1 nitrogen and oxygen atoms in total. The molecule has 0 fully saturated rings. The minimum Gasteiger partial charge on any atom is -0.324 e. The summed E-state index contributed by atoms with van der Waals surface area (Å²) in [5, 5.41) is -0.470. The highest BCUT2D eigenvalue weighted by atomic mass is 35.5. The van der Waals surface area contributed by atoms with Gasteiger partial charge < -0.3 is 5.73 Å². The summed E-state index contributed by atoms with van der Waals surface area (Å²) in [5.74, 6) is -1.25. The lowest BCUT2D eigenvalue weighted by molar-refractivity contribution is -0.138. The van der Waals surface area contributed by atoms with Crippen molar-refractivity contribution in [3.8, 4) is 0 Å². The van der Waals surface area contributed by atoms with Crippen molar-refractivity contribution < 1.29 is 22.0 Å². The van der Waals surface area contributed by atoms with Crippen molar-refractivity contribution in [1.82, 2.24) is 0 Å². The predicted molar refractivity (Wildman–Crippen MR) is 61.2 cm³/mol. The lowest BCUT2D eigenvalue weighted by Gasteiger charge is -2.18. The lowest BCUT2D eigenvalue weighted by atomic mass is 9.98. The molecule has 0 spiro atoms. The second-order valence-corrected chi connectivity index (χ2v) is 3.81. The van der Waals surface area contributed by atoms with E-state index in [2.05, 4.69) is 0 Å². The Kier molecular flexibility index (Phi) is 6.33. The number of hydrogen-bond donors (Lipinski definition) is 1. The van der Waals surface area contributed by atoms with Gasteiger partial charge in [-0.2, -0.15) is 13.2 Å². The summed E-state index contributed by atoms with van der Waals surface area (Å²) < 4.78 is 63.4. The van der Waals surface area contributed by atoms with Crippen LogP contribution in [0.5, 0.6) is 0 Å². The third kappa shape index (κ3) is 3.70. The first-order chi connectivity index (χ1) is 7.79. The molecule has 0 aliphatic heterocycles. The standard InChI is InChI=1S/C10H9ClF5N.ClH/c11-6-2-1-5(10(14,15)16)8(9(6)13)7(17)3-4-12;/h1-2,7H,3-4,17H2;1H/t7-;/m1./s1. The van der Waals surface area contributed by atoms with Gasteiger partial charge in [-0.1, -0.05) is 11.6 Å². The number of benzene rings is 1. The second-order valence-electron chi connectivity index (χ2n) is 3.40. The molecule has 18 heavy (non-hydrogen) atoms. The maximum absolute atomic E-state index is 13.5. The zero-order chi connectivity index (χ0) is 13.2. The summed E-state index contributed by atoms with van der Waals surface area (Å²) in [4.78, 5) is 0. The maximum atomic E-state index is 13.5. The highest BCUT2D eigenvalue weighted by molar-refractivity contribution is 6.30. The Morgan fingerprint density at radius 3 is 2.28 bits per heavy atom. The smallest absolute Gasteiger partial charge is 0.324 e. The normalized spacial score (nSPS) is 13.1. The average Bonchev–Trinajstić information content (AvgIpc) is 2.20. The second kappa shape index (κ2) is 6.54. The Balaban J connectivity index is 0.00000289. The van der Waals surface area contributed by atoms with Crippen LogP contribution in [0.2, 0.25) is 5.02 Å². The number of nitrogens with two attached hydrogens (primary N) is 1. The van der Waals surface area contributed by atoms with Gasteiger partial charge >= 0.3 is 6.18 Å². The molecular formula is C10H10Cl2F5N. The largest absolute Gasteiger partial charge is 0.416 e.